The Balaban J connectivity index is 1.58. The fourth-order valence-corrected chi connectivity index (χ4v) is 2.20. The molecular weight excluding hydrogens is 286 g/mol. The molecule has 3 rings (SSSR count). The summed E-state index contributed by atoms with van der Waals surface area (Å²) < 4.78 is 5.72. The smallest absolute Gasteiger partial charge is 0.244 e. The molecule has 0 saturated carbocycles. The number of nitrogens with one attached hydrogen (secondary N) is 1. The maximum Gasteiger partial charge on any atom is 0.244 e. The van der Waals surface area contributed by atoms with Gasteiger partial charge >= 0.3 is 0 Å². The molecule has 114 valence electrons. The van der Waals surface area contributed by atoms with E-state index in [1.54, 1.807) is 6.08 Å². The molecule has 0 fully saturated rings. The average Bonchev–Trinajstić information content (AvgIpc) is 3.09. The summed E-state index contributed by atoms with van der Waals surface area (Å²) in [6.45, 7) is 0.511. The van der Waals surface area contributed by atoms with E-state index in [0.717, 1.165) is 16.9 Å². The topological polar surface area (TPSA) is 42.2 Å². The second kappa shape index (κ2) is 7.27. The van der Waals surface area contributed by atoms with Crippen molar-refractivity contribution in [2.45, 2.75) is 6.54 Å². The maximum absolute atomic E-state index is 11.8. The van der Waals surface area contributed by atoms with Crippen LogP contribution in [0, 0.1) is 0 Å². The summed E-state index contributed by atoms with van der Waals surface area (Å²) in [5.74, 6) is 1.29. The Hall–Kier alpha value is -3.07. The molecule has 0 aliphatic carbocycles. The van der Waals surface area contributed by atoms with E-state index in [0.29, 0.717) is 12.3 Å². The van der Waals surface area contributed by atoms with E-state index >= 15 is 0 Å². The van der Waals surface area contributed by atoms with Crippen LogP contribution >= 0.6 is 0 Å². The van der Waals surface area contributed by atoms with Crippen LogP contribution in [0.25, 0.3) is 17.4 Å². The van der Waals surface area contributed by atoms with Crippen molar-refractivity contribution < 1.29 is 9.21 Å². The standard InChI is InChI=1S/C20H17NO2/c22-20(21-15-16-7-3-1-4-8-16)14-12-18-11-13-19(23-18)17-9-5-2-6-10-17/h1-14H,15H2,(H,21,22)/b14-12+. The SMILES string of the molecule is O=C(/C=C/c1ccc(-c2ccccc2)o1)NCc1ccccc1. The number of furan rings is 1. The Bertz CT molecular complexity index is 789. The van der Waals surface area contributed by atoms with Crippen molar-refractivity contribution >= 4 is 12.0 Å². The Morgan fingerprint density at radius 2 is 1.61 bits per heavy atom. The van der Waals surface area contributed by atoms with Crippen molar-refractivity contribution in [1.82, 2.24) is 5.32 Å². The average molecular weight is 303 g/mol. The monoisotopic (exact) mass is 303 g/mol. The van der Waals surface area contributed by atoms with Crippen LogP contribution in [0.4, 0.5) is 0 Å². The zero-order valence-electron chi connectivity index (χ0n) is 12.6. The van der Waals surface area contributed by atoms with E-state index in [-0.39, 0.29) is 5.91 Å². The molecule has 2 aromatic carbocycles. The Kier molecular flexibility index (Phi) is 4.69. The van der Waals surface area contributed by atoms with Crippen LogP contribution < -0.4 is 5.32 Å². The van der Waals surface area contributed by atoms with Gasteiger partial charge in [-0.2, -0.15) is 0 Å². The molecule has 0 radical (unpaired) electrons. The quantitative estimate of drug-likeness (QED) is 0.715. The maximum atomic E-state index is 11.8. The molecule has 1 N–H and O–H groups in total. The number of amides is 1. The molecule has 3 aromatic rings. The van der Waals surface area contributed by atoms with Gasteiger partial charge < -0.3 is 9.73 Å². The lowest BCUT2D eigenvalue weighted by Crippen LogP contribution is -2.20. The van der Waals surface area contributed by atoms with E-state index < -0.39 is 0 Å². The summed E-state index contributed by atoms with van der Waals surface area (Å²) in [4.78, 5) is 11.8. The van der Waals surface area contributed by atoms with Gasteiger partial charge in [0.25, 0.3) is 0 Å². The van der Waals surface area contributed by atoms with Gasteiger partial charge in [-0.05, 0) is 23.8 Å². The molecule has 1 heterocycles. The largest absolute Gasteiger partial charge is 0.457 e. The van der Waals surface area contributed by atoms with Gasteiger partial charge in [0, 0.05) is 18.2 Å². The molecule has 0 aliphatic rings. The van der Waals surface area contributed by atoms with E-state index in [1.807, 2.05) is 72.8 Å². The molecule has 0 atom stereocenters. The highest BCUT2D eigenvalue weighted by Crippen LogP contribution is 2.22. The number of hydrogen-bond donors (Lipinski definition) is 1. The van der Waals surface area contributed by atoms with E-state index in [1.165, 1.54) is 6.08 Å². The van der Waals surface area contributed by atoms with Gasteiger partial charge in [0.15, 0.2) is 0 Å². The molecule has 0 saturated heterocycles. The fourth-order valence-electron chi connectivity index (χ4n) is 2.20. The summed E-state index contributed by atoms with van der Waals surface area (Å²) in [5.41, 5.74) is 2.08. The minimum absolute atomic E-state index is 0.147. The number of benzene rings is 2. The third kappa shape index (κ3) is 4.20. The second-order valence-electron chi connectivity index (χ2n) is 5.10. The molecule has 1 amide bonds. The molecule has 3 nitrogen and oxygen atoms in total. The van der Waals surface area contributed by atoms with Crippen LogP contribution in [0.3, 0.4) is 0 Å². The van der Waals surface area contributed by atoms with Gasteiger partial charge in [-0.15, -0.1) is 0 Å². The highest BCUT2D eigenvalue weighted by molar-refractivity contribution is 5.91. The fraction of sp³-hybridized carbons (Fsp3) is 0.0500. The van der Waals surface area contributed by atoms with Crippen molar-refractivity contribution in [3.05, 3.63) is 90.2 Å². The van der Waals surface area contributed by atoms with E-state index in [4.69, 9.17) is 4.42 Å². The Labute approximate surface area is 135 Å². The molecule has 0 bridgehead atoms. The number of hydrogen-bond acceptors (Lipinski definition) is 2. The molecule has 0 aliphatic heterocycles. The molecule has 0 spiro atoms. The van der Waals surface area contributed by atoms with Crippen LogP contribution in [-0.4, -0.2) is 5.91 Å². The first-order valence-corrected chi connectivity index (χ1v) is 7.46. The predicted molar refractivity (Wildman–Crippen MR) is 91.5 cm³/mol. The van der Waals surface area contributed by atoms with Crippen molar-refractivity contribution in [3.8, 4) is 11.3 Å². The van der Waals surface area contributed by atoms with Gasteiger partial charge in [0.2, 0.25) is 5.91 Å². The minimum atomic E-state index is -0.147. The lowest BCUT2D eigenvalue weighted by atomic mass is 10.2. The van der Waals surface area contributed by atoms with Crippen LogP contribution in [0.1, 0.15) is 11.3 Å². The van der Waals surface area contributed by atoms with E-state index in [2.05, 4.69) is 5.32 Å². The van der Waals surface area contributed by atoms with Crippen molar-refractivity contribution in [2.75, 3.05) is 0 Å². The number of carbonyl (C=O) groups is 1. The van der Waals surface area contributed by atoms with Crippen molar-refractivity contribution in [3.63, 3.8) is 0 Å². The Morgan fingerprint density at radius 1 is 0.913 bits per heavy atom. The summed E-state index contributed by atoms with van der Waals surface area (Å²) >= 11 is 0. The van der Waals surface area contributed by atoms with Gasteiger partial charge in [0.05, 0.1) is 0 Å². The Morgan fingerprint density at radius 3 is 2.35 bits per heavy atom. The van der Waals surface area contributed by atoms with Crippen LogP contribution in [0.5, 0.6) is 0 Å². The minimum Gasteiger partial charge on any atom is -0.457 e. The molecule has 0 unspecified atom stereocenters. The number of carbonyl (C=O) groups excluding carboxylic acids is 1. The summed E-state index contributed by atoms with van der Waals surface area (Å²) in [6, 6.07) is 23.4. The second-order valence-corrected chi connectivity index (χ2v) is 5.10. The van der Waals surface area contributed by atoms with Crippen molar-refractivity contribution in [1.29, 1.82) is 0 Å². The predicted octanol–water partition coefficient (Wildman–Crippen LogP) is 4.28. The zero-order valence-corrected chi connectivity index (χ0v) is 12.6. The number of rotatable bonds is 5. The summed E-state index contributed by atoms with van der Waals surface area (Å²) in [6.07, 6.45) is 3.16. The molecule has 3 heteroatoms. The molecular formula is C20H17NO2. The summed E-state index contributed by atoms with van der Waals surface area (Å²) in [5, 5.41) is 2.84. The molecule has 23 heavy (non-hydrogen) atoms. The van der Waals surface area contributed by atoms with Crippen LogP contribution in [0.15, 0.2) is 83.3 Å². The third-order valence-corrected chi connectivity index (χ3v) is 3.39. The van der Waals surface area contributed by atoms with Crippen molar-refractivity contribution in [2.24, 2.45) is 0 Å². The molecule has 1 aromatic heterocycles. The lowest BCUT2D eigenvalue weighted by Gasteiger charge is -2.01. The summed E-state index contributed by atoms with van der Waals surface area (Å²) in [7, 11) is 0. The lowest BCUT2D eigenvalue weighted by molar-refractivity contribution is -0.116. The van der Waals surface area contributed by atoms with Gasteiger partial charge in [-0.3, -0.25) is 4.79 Å². The van der Waals surface area contributed by atoms with Gasteiger partial charge in [-0.1, -0.05) is 60.7 Å². The first kappa shape index (κ1) is 14.9. The first-order valence-electron chi connectivity index (χ1n) is 7.46. The van der Waals surface area contributed by atoms with Gasteiger partial charge in [0.1, 0.15) is 11.5 Å². The highest BCUT2D eigenvalue weighted by Gasteiger charge is 2.02. The normalized spacial score (nSPS) is 10.8. The van der Waals surface area contributed by atoms with Crippen LogP contribution in [0.2, 0.25) is 0 Å². The highest BCUT2D eigenvalue weighted by atomic mass is 16.3. The van der Waals surface area contributed by atoms with Crippen LogP contribution in [-0.2, 0) is 11.3 Å². The van der Waals surface area contributed by atoms with Gasteiger partial charge in [-0.25, -0.2) is 0 Å². The van der Waals surface area contributed by atoms with E-state index in [9.17, 15) is 4.79 Å². The third-order valence-electron chi connectivity index (χ3n) is 3.39. The zero-order chi connectivity index (χ0) is 15.9. The first-order chi connectivity index (χ1) is 11.3.